The van der Waals surface area contributed by atoms with Crippen molar-refractivity contribution in [3.8, 4) is 0 Å². The zero-order chi connectivity index (χ0) is 15.2. The number of halogens is 1. The summed E-state index contributed by atoms with van der Waals surface area (Å²) in [7, 11) is 0. The van der Waals surface area contributed by atoms with Crippen LogP contribution in [0.15, 0.2) is 53.0 Å². The van der Waals surface area contributed by atoms with Crippen molar-refractivity contribution in [1.82, 2.24) is 0 Å². The van der Waals surface area contributed by atoms with Crippen molar-refractivity contribution in [1.29, 1.82) is 0 Å². The third kappa shape index (κ3) is 4.32. The Labute approximate surface area is 129 Å². The van der Waals surface area contributed by atoms with Gasteiger partial charge in [-0.1, -0.05) is 30.3 Å². The highest BCUT2D eigenvalue weighted by Crippen LogP contribution is 2.21. The molecule has 108 valence electrons. The Bertz CT molecular complexity index is 658. The van der Waals surface area contributed by atoms with Crippen LogP contribution >= 0.6 is 15.9 Å². The summed E-state index contributed by atoms with van der Waals surface area (Å²) in [4.78, 5) is 22.5. The van der Waals surface area contributed by atoms with E-state index in [2.05, 4.69) is 21.2 Å². The smallest absolute Gasteiger partial charge is 0.411 e. The summed E-state index contributed by atoms with van der Waals surface area (Å²) in [6.45, 7) is 0.168. The van der Waals surface area contributed by atoms with Crippen molar-refractivity contribution in [2.24, 2.45) is 0 Å². The minimum atomic E-state index is -1.04. The van der Waals surface area contributed by atoms with Gasteiger partial charge < -0.3 is 9.84 Å². The molecule has 5 nitrogen and oxygen atoms in total. The molecule has 0 saturated carbocycles. The predicted octanol–water partition coefficient (Wildman–Crippen LogP) is 3.90. The Balaban J connectivity index is 1.94. The van der Waals surface area contributed by atoms with Gasteiger partial charge in [-0.05, 0) is 39.7 Å². The van der Waals surface area contributed by atoms with E-state index in [0.29, 0.717) is 10.2 Å². The van der Waals surface area contributed by atoms with Crippen LogP contribution < -0.4 is 5.32 Å². The quantitative estimate of drug-likeness (QED) is 0.877. The lowest BCUT2D eigenvalue weighted by atomic mass is 10.2. The first-order chi connectivity index (χ1) is 10.1. The maximum absolute atomic E-state index is 11.7. The lowest BCUT2D eigenvalue weighted by Crippen LogP contribution is -2.13. The molecule has 2 rings (SSSR count). The predicted molar refractivity (Wildman–Crippen MR) is 81.4 cm³/mol. The molecule has 0 fully saturated rings. The molecule has 0 heterocycles. The fourth-order valence-corrected chi connectivity index (χ4v) is 2.19. The average Bonchev–Trinajstić information content (AvgIpc) is 2.46. The number of ether oxygens (including phenoxy) is 1. The molecule has 0 unspecified atom stereocenters. The van der Waals surface area contributed by atoms with Gasteiger partial charge in [-0.2, -0.15) is 0 Å². The minimum absolute atomic E-state index is 0.123. The van der Waals surface area contributed by atoms with Crippen molar-refractivity contribution in [2.45, 2.75) is 6.61 Å². The maximum Gasteiger partial charge on any atom is 0.411 e. The summed E-state index contributed by atoms with van der Waals surface area (Å²) in [6.07, 6.45) is -0.603. The number of carbonyl (C=O) groups excluding carboxylic acids is 1. The molecule has 0 saturated heterocycles. The standard InChI is InChI=1S/C15H12BrNO4/c16-13-8-11(6-7-12(13)14(18)19)17-15(20)21-9-10-4-2-1-3-5-10/h1-8H,9H2,(H,17,20)(H,18,19). The largest absolute Gasteiger partial charge is 0.478 e. The molecule has 0 aliphatic rings. The third-order valence-corrected chi connectivity index (χ3v) is 3.31. The summed E-state index contributed by atoms with van der Waals surface area (Å²) in [6, 6.07) is 13.7. The van der Waals surface area contributed by atoms with Crippen molar-refractivity contribution in [3.63, 3.8) is 0 Å². The summed E-state index contributed by atoms with van der Waals surface area (Å²) in [5, 5.41) is 11.4. The number of hydrogen-bond acceptors (Lipinski definition) is 3. The van der Waals surface area contributed by atoms with Crippen LogP contribution in [0.3, 0.4) is 0 Å². The zero-order valence-electron chi connectivity index (χ0n) is 10.9. The van der Waals surface area contributed by atoms with Gasteiger partial charge >= 0.3 is 12.1 Å². The maximum atomic E-state index is 11.7. The Morgan fingerprint density at radius 2 is 1.86 bits per heavy atom. The number of carboxylic acid groups (broad SMARTS) is 1. The van der Waals surface area contributed by atoms with E-state index >= 15 is 0 Å². The number of benzene rings is 2. The van der Waals surface area contributed by atoms with Crippen molar-refractivity contribution in [3.05, 3.63) is 64.1 Å². The van der Waals surface area contributed by atoms with Crippen LogP contribution in [0.2, 0.25) is 0 Å². The molecule has 0 radical (unpaired) electrons. The summed E-state index contributed by atoms with van der Waals surface area (Å²) in [5.41, 5.74) is 1.46. The number of hydrogen-bond donors (Lipinski definition) is 2. The highest BCUT2D eigenvalue weighted by molar-refractivity contribution is 9.10. The molecular weight excluding hydrogens is 338 g/mol. The van der Waals surface area contributed by atoms with E-state index in [1.54, 1.807) is 0 Å². The van der Waals surface area contributed by atoms with Crippen molar-refractivity contribution in [2.75, 3.05) is 5.32 Å². The second-order valence-electron chi connectivity index (χ2n) is 4.19. The Morgan fingerprint density at radius 3 is 2.48 bits per heavy atom. The molecule has 0 spiro atoms. The van der Waals surface area contributed by atoms with Gasteiger partial charge in [0.25, 0.3) is 0 Å². The molecule has 0 aromatic heterocycles. The fourth-order valence-electron chi connectivity index (χ4n) is 1.64. The highest BCUT2D eigenvalue weighted by Gasteiger charge is 2.10. The van der Waals surface area contributed by atoms with E-state index in [-0.39, 0.29) is 12.2 Å². The van der Waals surface area contributed by atoms with Gasteiger partial charge in [-0.15, -0.1) is 0 Å². The first kappa shape index (κ1) is 15.1. The van der Waals surface area contributed by atoms with E-state index < -0.39 is 12.1 Å². The topological polar surface area (TPSA) is 75.6 Å². The normalized spacial score (nSPS) is 9.95. The molecule has 2 aromatic carbocycles. The molecule has 21 heavy (non-hydrogen) atoms. The minimum Gasteiger partial charge on any atom is -0.478 e. The molecule has 0 bridgehead atoms. The lowest BCUT2D eigenvalue weighted by molar-refractivity contribution is 0.0696. The molecule has 0 aliphatic carbocycles. The molecule has 0 atom stereocenters. The fraction of sp³-hybridized carbons (Fsp3) is 0.0667. The number of anilines is 1. The number of carboxylic acids is 1. The first-order valence-electron chi connectivity index (χ1n) is 6.07. The van der Waals surface area contributed by atoms with Crippen molar-refractivity contribution >= 4 is 33.7 Å². The van der Waals surface area contributed by atoms with Gasteiger partial charge in [0.1, 0.15) is 6.61 Å². The average molecular weight is 350 g/mol. The van der Waals surface area contributed by atoms with Gasteiger partial charge in [-0.25, -0.2) is 9.59 Å². The second kappa shape index (κ2) is 6.90. The summed E-state index contributed by atoms with van der Waals surface area (Å²) >= 11 is 3.14. The molecule has 0 aliphatic heterocycles. The summed E-state index contributed by atoms with van der Waals surface area (Å²) in [5.74, 6) is -1.04. The van der Waals surface area contributed by atoms with Gasteiger partial charge in [0.05, 0.1) is 5.56 Å². The van der Waals surface area contributed by atoms with E-state index in [0.717, 1.165) is 5.56 Å². The Morgan fingerprint density at radius 1 is 1.14 bits per heavy atom. The number of nitrogens with one attached hydrogen (secondary N) is 1. The Kier molecular flexibility index (Phi) is 4.94. The molecular formula is C15H12BrNO4. The SMILES string of the molecule is O=C(Nc1ccc(C(=O)O)c(Br)c1)OCc1ccccc1. The molecule has 6 heteroatoms. The van der Waals surface area contributed by atoms with Gasteiger partial charge in [0.15, 0.2) is 0 Å². The van der Waals surface area contributed by atoms with Crippen LogP contribution in [0, 0.1) is 0 Å². The van der Waals surface area contributed by atoms with Crippen LogP contribution in [0.4, 0.5) is 10.5 Å². The van der Waals surface area contributed by atoms with Crippen LogP contribution in [0.25, 0.3) is 0 Å². The number of aromatic carboxylic acids is 1. The molecule has 2 aromatic rings. The lowest BCUT2D eigenvalue weighted by Gasteiger charge is -2.08. The number of amides is 1. The first-order valence-corrected chi connectivity index (χ1v) is 6.86. The molecule has 2 N–H and O–H groups in total. The van der Waals surface area contributed by atoms with E-state index in [4.69, 9.17) is 9.84 Å². The second-order valence-corrected chi connectivity index (χ2v) is 5.04. The van der Waals surface area contributed by atoms with Crippen LogP contribution in [0.5, 0.6) is 0 Å². The van der Waals surface area contributed by atoms with E-state index in [1.807, 2.05) is 30.3 Å². The van der Waals surface area contributed by atoms with Crippen molar-refractivity contribution < 1.29 is 19.4 Å². The monoisotopic (exact) mass is 349 g/mol. The third-order valence-electron chi connectivity index (χ3n) is 2.66. The highest BCUT2D eigenvalue weighted by atomic mass is 79.9. The summed E-state index contributed by atoms with van der Waals surface area (Å²) < 4.78 is 5.45. The van der Waals surface area contributed by atoms with Gasteiger partial charge in [0.2, 0.25) is 0 Å². The zero-order valence-corrected chi connectivity index (χ0v) is 12.5. The Hall–Kier alpha value is -2.34. The number of rotatable bonds is 4. The van der Waals surface area contributed by atoms with Crippen LogP contribution in [-0.4, -0.2) is 17.2 Å². The van der Waals surface area contributed by atoms with E-state index in [9.17, 15) is 9.59 Å². The number of carbonyl (C=O) groups is 2. The van der Waals surface area contributed by atoms with Crippen LogP contribution in [0.1, 0.15) is 15.9 Å². The van der Waals surface area contributed by atoms with Gasteiger partial charge in [-0.3, -0.25) is 5.32 Å². The van der Waals surface area contributed by atoms with Gasteiger partial charge in [0, 0.05) is 10.2 Å². The van der Waals surface area contributed by atoms with Crippen LogP contribution in [-0.2, 0) is 11.3 Å². The molecule has 1 amide bonds. The van der Waals surface area contributed by atoms with E-state index in [1.165, 1.54) is 18.2 Å².